The van der Waals surface area contributed by atoms with Gasteiger partial charge < -0.3 is 19.0 Å². The lowest BCUT2D eigenvalue weighted by Crippen LogP contribution is -2.67. The van der Waals surface area contributed by atoms with Gasteiger partial charge in [-0.1, -0.05) is 172 Å². The topological polar surface area (TPSA) is 51.2 Å². The fourth-order valence-electron chi connectivity index (χ4n) is 7.41. The molecule has 0 saturated carbocycles. The van der Waals surface area contributed by atoms with Crippen LogP contribution in [0.25, 0.3) is 0 Å². The van der Waals surface area contributed by atoms with E-state index in [1.807, 2.05) is 42.5 Å². The number of aliphatic hydroxyl groups is 1. The molecule has 0 amide bonds. The van der Waals surface area contributed by atoms with Crippen molar-refractivity contribution < 1.29 is 19.0 Å². The molecule has 5 aromatic carbocycles. The third kappa shape index (κ3) is 7.97. The van der Waals surface area contributed by atoms with Gasteiger partial charge in [0.25, 0.3) is 8.32 Å². The van der Waals surface area contributed by atoms with Crippen LogP contribution in [0.5, 0.6) is 0 Å². The van der Waals surface area contributed by atoms with Gasteiger partial charge in [-0.15, -0.1) is 0 Å². The van der Waals surface area contributed by atoms with Crippen LogP contribution in [-0.2, 0) is 33.7 Å². The molecule has 254 valence electrons. The molecular weight excluding hydrogens is 623 g/mol. The van der Waals surface area contributed by atoms with Crippen molar-refractivity contribution in [2.75, 3.05) is 13.2 Å². The van der Waals surface area contributed by atoms with Gasteiger partial charge >= 0.3 is 0 Å². The van der Waals surface area contributed by atoms with Gasteiger partial charge in [0.05, 0.1) is 38.5 Å². The first-order chi connectivity index (χ1) is 23.9. The monoisotopic (exact) mass is 671 g/mol. The number of aliphatic hydroxyl groups excluding tert-OH is 1. The second kappa shape index (κ2) is 16.2. The fourth-order valence-corrected chi connectivity index (χ4v) is 12.0. The van der Waals surface area contributed by atoms with Crippen molar-refractivity contribution in [2.24, 2.45) is 0 Å². The van der Waals surface area contributed by atoms with Gasteiger partial charge in [0.2, 0.25) is 0 Å². The first-order valence-electron chi connectivity index (χ1n) is 17.4. The third-order valence-electron chi connectivity index (χ3n) is 9.79. The van der Waals surface area contributed by atoms with Crippen LogP contribution in [0.1, 0.15) is 37.5 Å². The molecule has 0 spiro atoms. The van der Waals surface area contributed by atoms with Crippen molar-refractivity contribution in [1.29, 1.82) is 0 Å². The molecule has 1 fully saturated rings. The molecule has 0 bridgehead atoms. The molecule has 5 aromatic rings. The summed E-state index contributed by atoms with van der Waals surface area (Å²) >= 11 is 0. The largest absolute Gasteiger partial charge is 0.406 e. The Morgan fingerprint density at radius 3 is 1.35 bits per heavy atom. The van der Waals surface area contributed by atoms with E-state index in [1.54, 1.807) is 0 Å². The third-order valence-corrected chi connectivity index (χ3v) is 14.8. The number of hydrogen-bond donors (Lipinski definition) is 1. The van der Waals surface area contributed by atoms with Crippen molar-refractivity contribution in [2.45, 2.75) is 69.9 Å². The summed E-state index contributed by atoms with van der Waals surface area (Å²) in [6.45, 7) is 8.77. The van der Waals surface area contributed by atoms with Crippen LogP contribution in [0.3, 0.4) is 0 Å². The molecule has 4 atom stereocenters. The SMILES string of the molecule is CC(C)(C)[Si](OC[C@@H]1[C@@H](OCc2ccccc2)[C@H](OCc2ccccc2)[C@@H](CO)N1Cc1ccccc1)(c1ccccc1)c1ccccc1. The standard InChI is InChI=1S/C43H49NO4Si/c1-43(2,3)49(37-25-15-7-16-26-37,38-27-17-8-18-28-38)48-33-40-42(47-32-36-23-13-6-14-24-36)41(46-31-35-21-11-5-12-22-35)39(30-45)44(40)29-34-19-9-4-10-20-34/h4-28,39-42,45H,29-33H2,1-3H3/t39-,40-,41-,42-/m1/s1. The number of rotatable bonds is 14. The van der Waals surface area contributed by atoms with Crippen molar-refractivity contribution in [3.05, 3.63) is 168 Å². The average molecular weight is 672 g/mol. The van der Waals surface area contributed by atoms with E-state index in [9.17, 15) is 5.11 Å². The number of hydrogen-bond acceptors (Lipinski definition) is 5. The van der Waals surface area contributed by atoms with E-state index in [4.69, 9.17) is 13.9 Å². The van der Waals surface area contributed by atoms with Crippen LogP contribution >= 0.6 is 0 Å². The Balaban J connectivity index is 1.42. The number of likely N-dealkylation sites (tertiary alicyclic amines) is 1. The van der Waals surface area contributed by atoms with Gasteiger partial charge in [-0.2, -0.15) is 0 Å². The number of nitrogens with zero attached hydrogens (tertiary/aromatic N) is 1. The van der Waals surface area contributed by atoms with E-state index in [1.165, 1.54) is 15.9 Å². The first kappa shape index (κ1) is 35.0. The maximum absolute atomic E-state index is 11.1. The highest BCUT2D eigenvalue weighted by atomic mass is 28.4. The zero-order valence-corrected chi connectivity index (χ0v) is 29.9. The Hall–Kier alpha value is -3.88. The molecule has 1 heterocycles. The lowest BCUT2D eigenvalue weighted by Gasteiger charge is -2.44. The summed E-state index contributed by atoms with van der Waals surface area (Å²) in [4.78, 5) is 2.37. The summed E-state index contributed by atoms with van der Waals surface area (Å²) in [5.41, 5.74) is 3.35. The smallest absolute Gasteiger partial charge is 0.261 e. The Morgan fingerprint density at radius 1 is 0.551 bits per heavy atom. The zero-order valence-electron chi connectivity index (χ0n) is 28.9. The summed E-state index contributed by atoms with van der Waals surface area (Å²) in [7, 11) is -2.87. The zero-order chi connectivity index (χ0) is 34.1. The normalized spacial score (nSPS) is 20.0. The molecular formula is C43H49NO4Si. The van der Waals surface area contributed by atoms with Crippen molar-refractivity contribution in [3.63, 3.8) is 0 Å². The summed E-state index contributed by atoms with van der Waals surface area (Å²) in [6, 6.07) is 52.0. The summed E-state index contributed by atoms with van der Waals surface area (Å²) in [5, 5.41) is 13.4. The van der Waals surface area contributed by atoms with E-state index in [2.05, 4.69) is 135 Å². The lowest BCUT2D eigenvalue weighted by atomic mass is 10.1. The second-order valence-corrected chi connectivity index (χ2v) is 18.3. The average Bonchev–Trinajstić information content (AvgIpc) is 3.42. The van der Waals surface area contributed by atoms with Gasteiger partial charge in [-0.05, 0) is 32.1 Å². The Labute approximate surface area is 293 Å². The van der Waals surface area contributed by atoms with E-state index >= 15 is 0 Å². The Kier molecular flexibility index (Phi) is 11.6. The molecule has 6 heteroatoms. The number of ether oxygens (including phenoxy) is 2. The van der Waals surface area contributed by atoms with Gasteiger partial charge in [-0.25, -0.2) is 0 Å². The fraction of sp³-hybridized carbons (Fsp3) is 0.302. The molecule has 1 N–H and O–H groups in total. The Morgan fingerprint density at radius 2 is 0.939 bits per heavy atom. The molecule has 1 saturated heterocycles. The highest BCUT2D eigenvalue weighted by Gasteiger charge is 2.54. The molecule has 5 nitrogen and oxygen atoms in total. The van der Waals surface area contributed by atoms with Crippen molar-refractivity contribution >= 4 is 18.7 Å². The maximum Gasteiger partial charge on any atom is 0.261 e. The van der Waals surface area contributed by atoms with E-state index in [-0.39, 0.29) is 35.9 Å². The lowest BCUT2D eigenvalue weighted by molar-refractivity contribution is -0.0851. The highest BCUT2D eigenvalue weighted by molar-refractivity contribution is 6.99. The second-order valence-electron chi connectivity index (χ2n) is 14.0. The summed E-state index contributed by atoms with van der Waals surface area (Å²) in [6.07, 6.45) is -0.742. The van der Waals surface area contributed by atoms with Crippen molar-refractivity contribution in [1.82, 2.24) is 4.90 Å². The quantitative estimate of drug-likeness (QED) is 0.129. The molecule has 0 unspecified atom stereocenters. The molecule has 49 heavy (non-hydrogen) atoms. The molecule has 0 aromatic heterocycles. The first-order valence-corrected chi connectivity index (χ1v) is 19.3. The molecule has 1 aliphatic heterocycles. The maximum atomic E-state index is 11.1. The minimum absolute atomic E-state index is 0.0623. The number of benzene rings is 5. The van der Waals surface area contributed by atoms with E-state index in [0.29, 0.717) is 26.4 Å². The minimum atomic E-state index is -2.87. The van der Waals surface area contributed by atoms with Crippen LogP contribution in [0.4, 0.5) is 0 Å². The summed E-state index contributed by atoms with van der Waals surface area (Å²) in [5.74, 6) is 0. The van der Waals surface area contributed by atoms with Crippen LogP contribution in [0, 0.1) is 0 Å². The van der Waals surface area contributed by atoms with Gasteiger partial charge in [0.15, 0.2) is 0 Å². The molecule has 0 aliphatic carbocycles. The summed E-state index contributed by atoms with van der Waals surface area (Å²) < 4.78 is 21.3. The highest BCUT2D eigenvalue weighted by Crippen LogP contribution is 2.39. The van der Waals surface area contributed by atoms with Gasteiger partial charge in [-0.3, -0.25) is 4.90 Å². The van der Waals surface area contributed by atoms with Crippen molar-refractivity contribution in [3.8, 4) is 0 Å². The predicted octanol–water partition coefficient (Wildman–Crippen LogP) is 6.98. The minimum Gasteiger partial charge on any atom is -0.406 e. The molecule has 1 aliphatic rings. The van der Waals surface area contributed by atoms with E-state index in [0.717, 1.165) is 11.1 Å². The molecule has 0 radical (unpaired) electrons. The van der Waals surface area contributed by atoms with Gasteiger partial charge in [0.1, 0.15) is 12.2 Å². The van der Waals surface area contributed by atoms with Crippen LogP contribution in [-0.4, -0.2) is 55.8 Å². The van der Waals surface area contributed by atoms with Crippen LogP contribution in [0.15, 0.2) is 152 Å². The van der Waals surface area contributed by atoms with Crippen LogP contribution in [0.2, 0.25) is 5.04 Å². The van der Waals surface area contributed by atoms with E-state index < -0.39 is 8.32 Å². The van der Waals surface area contributed by atoms with Crippen LogP contribution < -0.4 is 10.4 Å². The van der Waals surface area contributed by atoms with Gasteiger partial charge in [0, 0.05) is 6.54 Å². The Bertz CT molecular complexity index is 1640. The predicted molar refractivity (Wildman–Crippen MR) is 200 cm³/mol. The molecule has 6 rings (SSSR count).